The van der Waals surface area contributed by atoms with Gasteiger partial charge in [-0.25, -0.2) is 0 Å². The lowest BCUT2D eigenvalue weighted by Gasteiger charge is -2.18. The van der Waals surface area contributed by atoms with E-state index in [1.54, 1.807) is 0 Å². The molecule has 0 amide bonds. The van der Waals surface area contributed by atoms with Crippen LogP contribution in [0.4, 0.5) is 0 Å². The van der Waals surface area contributed by atoms with Crippen molar-refractivity contribution in [2.24, 2.45) is 5.84 Å². The number of hydrogen-bond donors (Lipinski definition) is 2. The van der Waals surface area contributed by atoms with Crippen LogP contribution in [-0.4, -0.2) is 12.7 Å². The van der Waals surface area contributed by atoms with E-state index in [9.17, 15) is 0 Å². The average molecular weight is 392 g/mol. The van der Waals surface area contributed by atoms with E-state index >= 15 is 0 Å². The third-order valence-electron chi connectivity index (χ3n) is 3.53. The second-order valence-electron chi connectivity index (χ2n) is 4.99. The van der Waals surface area contributed by atoms with Gasteiger partial charge in [-0.2, -0.15) is 0 Å². The molecule has 19 heavy (non-hydrogen) atoms. The third-order valence-corrected chi connectivity index (χ3v) is 4.45. The van der Waals surface area contributed by atoms with Gasteiger partial charge in [0.1, 0.15) is 0 Å². The Hall–Kier alpha value is 0.0600. The molecule has 1 aromatic carbocycles. The maximum Gasteiger partial charge on any atom is 0.0576 e. The maximum absolute atomic E-state index is 5.69. The van der Waals surface area contributed by atoms with E-state index in [0.29, 0.717) is 6.10 Å². The van der Waals surface area contributed by atoms with Gasteiger partial charge in [-0.05, 0) is 55.9 Å². The predicted octanol–water partition coefficient (Wildman–Crippen LogP) is 4.07. The molecule has 1 fully saturated rings. The van der Waals surface area contributed by atoms with Gasteiger partial charge in [0.25, 0.3) is 0 Å². The summed E-state index contributed by atoms with van der Waals surface area (Å²) in [5.74, 6) is 5.69. The van der Waals surface area contributed by atoms with Crippen molar-refractivity contribution in [2.75, 3.05) is 6.61 Å². The number of nitrogens with one attached hydrogen (secondary N) is 1. The van der Waals surface area contributed by atoms with Crippen LogP contribution in [0, 0.1) is 0 Å². The van der Waals surface area contributed by atoms with Crippen LogP contribution in [0.15, 0.2) is 27.1 Å². The van der Waals surface area contributed by atoms with Crippen molar-refractivity contribution >= 4 is 31.9 Å². The molecule has 1 aliphatic rings. The van der Waals surface area contributed by atoms with Gasteiger partial charge in [0.15, 0.2) is 0 Å². The van der Waals surface area contributed by atoms with E-state index in [2.05, 4.69) is 49.4 Å². The lowest BCUT2D eigenvalue weighted by Crippen LogP contribution is -2.28. The fraction of sp³-hybridized carbons (Fsp3) is 0.571. The van der Waals surface area contributed by atoms with Crippen molar-refractivity contribution in [2.45, 2.75) is 44.2 Å². The Morgan fingerprint density at radius 1 is 1.32 bits per heavy atom. The van der Waals surface area contributed by atoms with E-state index in [1.165, 1.54) is 18.4 Å². The predicted molar refractivity (Wildman–Crippen MR) is 84.7 cm³/mol. The topological polar surface area (TPSA) is 47.3 Å². The van der Waals surface area contributed by atoms with Crippen molar-refractivity contribution in [1.29, 1.82) is 0 Å². The monoisotopic (exact) mass is 390 g/mol. The minimum atomic E-state index is 0.190. The van der Waals surface area contributed by atoms with Crippen LogP contribution in [0.3, 0.4) is 0 Å². The maximum atomic E-state index is 5.69. The Labute approximate surface area is 131 Å². The number of hydrazine groups is 1. The molecule has 0 aliphatic carbocycles. The molecule has 1 heterocycles. The second kappa shape index (κ2) is 7.74. The fourth-order valence-corrected chi connectivity index (χ4v) is 3.87. The first-order chi connectivity index (χ1) is 9.19. The molecule has 3 nitrogen and oxygen atoms in total. The SMILES string of the molecule is NNC(CCCC1CCCO1)c1cc(Br)cc(Br)c1. The molecule has 0 saturated carbocycles. The normalized spacial score (nSPS) is 20.7. The Morgan fingerprint density at radius 3 is 2.63 bits per heavy atom. The Morgan fingerprint density at radius 2 is 2.05 bits per heavy atom. The fourth-order valence-electron chi connectivity index (χ4n) is 2.54. The van der Waals surface area contributed by atoms with Crippen LogP contribution >= 0.6 is 31.9 Å². The molecule has 2 rings (SSSR count). The van der Waals surface area contributed by atoms with Crippen LogP contribution in [0.2, 0.25) is 0 Å². The van der Waals surface area contributed by atoms with Gasteiger partial charge >= 0.3 is 0 Å². The molecule has 3 N–H and O–H groups in total. The summed E-state index contributed by atoms with van der Waals surface area (Å²) in [4.78, 5) is 0. The molecular formula is C14H20Br2N2O. The smallest absolute Gasteiger partial charge is 0.0576 e. The molecule has 1 aliphatic heterocycles. The molecule has 0 radical (unpaired) electrons. The Bertz CT molecular complexity index is 388. The van der Waals surface area contributed by atoms with Crippen LogP contribution in [0.5, 0.6) is 0 Å². The molecule has 1 aromatic rings. The minimum Gasteiger partial charge on any atom is -0.378 e. The average Bonchev–Trinajstić information content (AvgIpc) is 2.86. The standard InChI is InChI=1S/C14H20Br2N2O/c15-11-7-10(8-12(16)9-11)14(18-17)5-1-3-13-4-2-6-19-13/h7-9,13-14,18H,1-6,17H2. The molecule has 1 saturated heterocycles. The van der Waals surface area contributed by atoms with Crippen LogP contribution in [0.1, 0.15) is 43.7 Å². The molecule has 106 valence electrons. The van der Waals surface area contributed by atoms with Crippen molar-refractivity contribution < 1.29 is 4.74 Å². The molecule has 0 aromatic heterocycles. The molecular weight excluding hydrogens is 372 g/mol. The Kier molecular flexibility index (Phi) is 6.29. The summed E-state index contributed by atoms with van der Waals surface area (Å²) in [7, 11) is 0. The van der Waals surface area contributed by atoms with Gasteiger partial charge in [-0.3, -0.25) is 11.3 Å². The van der Waals surface area contributed by atoms with Crippen molar-refractivity contribution in [3.8, 4) is 0 Å². The number of nitrogens with two attached hydrogens (primary N) is 1. The zero-order valence-electron chi connectivity index (χ0n) is 10.9. The molecule has 0 bridgehead atoms. The van der Waals surface area contributed by atoms with Gasteiger partial charge in [-0.15, -0.1) is 0 Å². The van der Waals surface area contributed by atoms with E-state index in [0.717, 1.165) is 34.8 Å². The van der Waals surface area contributed by atoms with Gasteiger partial charge in [0.2, 0.25) is 0 Å². The van der Waals surface area contributed by atoms with E-state index in [4.69, 9.17) is 10.6 Å². The summed E-state index contributed by atoms with van der Waals surface area (Å²) in [6, 6.07) is 6.45. The Balaban J connectivity index is 1.87. The second-order valence-corrected chi connectivity index (χ2v) is 6.82. The van der Waals surface area contributed by atoms with Crippen molar-refractivity contribution in [3.63, 3.8) is 0 Å². The van der Waals surface area contributed by atoms with Crippen LogP contribution in [-0.2, 0) is 4.74 Å². The van der Waals surface area contributed by atoms with Gasteiger partial charge in [0, 0.05) is 21.6 Å². The summed E-state index contributed by atoms with van der Waals surface area (Å²) in [5, 5.41) is 0. The minimum absolute atomic E-state index is 0.190. The molecule has 5 heteroatoms. The first-order valence-corrected chi connectivity index (χ1v) is 8.31. The molecule has 0 spiro atoms. The highest BCUT2D eigenvalue weighted by atomic mass is 79.9. The third kappa shape index (κ3) is 4.83. The largest absolute Gasteiger partial charge is 0.378 e. The zero-order valence-corrected chi connectivity index (χ0v) is 14.0. The zero-order chi connectivity index (χ0) is 13.7. The highest BCUT2D eigenvalue weighted by Crippen LogP contribution is 2.27. The number of hydrogen-bond acceptors (Lipinski definition) is 3. The van der Waals surface area contributed by atoms with Gasteiger partial charge in [0.05, 0.1) is 6.10 Å². The number of halogens is 2. The van der Waals surface area contributed by atoms with Crippen molar-refractivity contribution in [3.05, 3.63) is 32.7 Å². The van der Waals surface area contributed by atoms with E-state index in [1.807, 2.05) is 6.07 Å². The summed E-state index contributed by atoms with van der Waals surface area (Å²) >= 11 is 7.03. The lowest BCUT2D eigenvalue weighted by atomic mass is 10.00. The van der Waals surface area contributed by atoms with Gasteiger partial charge in [-0.1, -0.05) is 31.9 Å². The summed E-state index contributed by atoms with van der Waals surface area (Å²) in [5.41, 5.74) is 4.12. The first-order valence-electron chi connectivity index (χ1n) is 6.73. The quantitative estimate of drug-likeness (QED) is 0.567. The summed E-state index contributed by atoms with van der Waals surface area (Å²) < 4.78 is 7.78. The highest BCUT2D eigenvalue weighted by molar-refractivity contribution is 9.11. The summed E-state index contributed by atoms with van der Waals surface area (Å²) in [6.45, 7) is 0.932. The lowest BCUT2D eigenvalue weighted by molar-refractivity contribution is 0.101. The van der Waals surface area contributed by atoms with E-state index in [-0.39, 0.29) is 6.04 Å². The van der Waals surface area contributed by atoms with Crippen LogP contribution in [0.25, 0.3) is 0 Å². The van der Waals surface area contributed by atoms with Gasteiger partial charge < -0.3 is 4.74 Å². The summed E-state index contributed by atoms with van der Waals surface area (Å²) in [6.07, 6.45) is 6.17. The van der Waals surface area contributed by atoms with Crippen molar-refractivity contribution in [1.82, 2.24) is 5.43 Å². The molecule has 2 atom stereocenters. The van der Waals surface area contributed by atoms with E-state index < -0.39 is 0 Å². The van der Waals surface area contributed by atoms with Crippen LogP contribution < -0.4 is 11.3 Å². The highest BCUT2D eigenvalue weighted by Gasteiger charge is 2.17. The number of rotatable bonds is 6. The first kappa shape index (κ1) is 15.4. The number of ether oxygens (including phenoxy) is 1. The molecule has 2 unspecified atom stereocenters. The number of benzene rings is 1.